The standard InChI is InChI=1S/2C13H21.C10H27Si3.Al.ClH.Th.3H/c2*1-12(2,3)10-7-8-11(9-10)13(4,5)6;1-11(2,3)10(12(4,5)6)13(7,8)9;;;;;;/h2*7-9H,1-6H3;1-9H3;;1H;;;;/q3*-1;+3;;+4;3*-1/p-1. The largest absolute Gasteiger partial charge is 4.00 e. The molecular weight excluding hydrogens is 811 g/mol. The Balaban J connectivity index is -0.0000000902. The summed E-state index contributed by atoms with van der Waals surface area (Å²) in [5.74, 6) is 0. The van der Waals surface area contributed by atoms with Crippen LogP contribution in [-0.2, 0) is 21.7 Å². The van der Waals surface area contributed by atoms with Crippen molar-refractivity contribution >= 4 is 41.6 Å². The van der Waals surface area contributed by atoms with Crippen molar-refractivity contribution in [1.29, 1.82) is 0 Å². The van der Waals surface area contributed by atoms with Crippen LogP contribution in [0.2, 0.25) is 58.9 Å². The van der Waals surface area contributed by atoms with Crippen LogP contribution < -0.4 is 12.4 Å². The van der Waals surface area contributed by atoms with Gasteiger partial charge in [-0.1, -0.05) is 164 Å². The third-order valence-corrected chi connectivity index (χ3v) is 25.2. The molecule has 2 rings (SSSR count). The summed E-state index contributed by atoms with van der Waals surface area (Å²) in [6.07, 6.45) is 0. The molecule has 0 amide bonds. The molecule has 0 bridgehead atoms. The maximum atomic E-state index is 2.53. The second-order valence-electron chi connectivity index (χ2n) is 18.9. The average molecular weight is 884 g/mol. The predicted octanol–water partition coefficient (Wildman–Crippen LogP) is 9.15. The van der Waals surface area contributed by atoms with E-state index in [1.54, 1.807) is 0 Å². The summed E-state index contributed by atoms with van der Waals surface area (Å²) in [5, 5.41) is 0. The number of halogens is 1. The fraction of sp³-hybridized carbons (Fsp3) is 0.694. The van der Waals surface area contributed by atoms with Gasteiger partial charge in [-0.3, -0.25) is 0 Å². The van der Waals surface area contributed by atoms with Crippen molar-refractivity contribution in [2.45, 2.75) is 164 Å². The molecule has 0 aliphatic carbocycles. The van der Waals surface area contributed by atoms with Crippen LogP contribution in [0.15, 0.2) is 36.4 Å². The number of hydrogen-bond donors (Lipinski definition) is 0. The van der Waals surface area contributed by atoms with Crippen LogP contribution in [0.3, 0.4) is 0 Å². The van der Waals surface area contributed by atoms with E-state index in [1.807, 2.05) is 0 Å². The molecule has 0 fully saturated rings. The second kappa shape index (κ2) is 17.6. The van der Waals surface area contributed by atoms with Gasteiger partial charge in [0.25, 0.3) is 0 Å². The SMILES string of the molecule is CC(C)(C)c1cc[c-](C(C)(C)C)c1.CC(C)(C)c1cc[c-](C(C)(C)C)c1.C[Si](C)(C)[C-]([Si](C)(C)C)[Si](C)(C)C.[Al+3].[Cl-].[H-].[H-].[H-].[Th+4]. The molecule has 0 aliphatic rings. The van der Waals surface area contributed by atoms with E-state index < -0.39 is 24.2 Å². The third kappa shape index (κ3) is 18.0. The predicted molar refractivity (Wildman–Crippen MR) is 201 cm³/mol. The average Bonchev–Trinajstić information content (AvgIpc) is 3.27. The van der Waals surface area contributed by atoms with Gasteiger partial charge in [0, 0.05) is 0 Å². The summed E-state index contributed by atoms with van der Waals surface area (Å²) in [6, 6.07) is 13.7. The van der Waals surface area contributed by atoms with Gasteiger partial charge >= 0.3 is 57.3 Å². The smallest absolute Gasteiger partial charge is 1.00 e. The Morgan fingerprint density at radius 3 is 0.810 bits per heavy atom. The Hall–Kier alpha value is 1.50. The number of rotatable bonds is 3. The van der Waals surface area contributed by atoms with Gasteiger partial charge in [0.05, 0.1) is 0 Å². The van der Waals surface area contributed by atoms with Crippen LogP contribution in [0.5, 0.6) is 0 Å². The first-order valence-corrected chi connectivity index (χ1v) is 25.7. The van der Waals surface area contributed by atoms with Gasteiger partial charge in [-0.25, -0.2) is 12.1 Å². The molecule has 6 heteroatoms. The summed E-state index contributed by atoms with van der Waals surface area (Å²) >= 11 is 0. The Kier molecular flexibility index (Phi) is 21.1. The number of hydrogen-bond acceptors (Lipinski definition) is 0. The van der Waals surface area contributed by atoms with Gasteiger partial charge in [-0.05, 0) is 0 Å². The first-order chi connectivity index (χ1) is 16.8. The fourth-order valence-electron chi connectivity index (χ4n) is 6.13. The summed E-state index contributed by atoms with van der Waals surface area (Å²) in [5.41, 5.74) is 6.89. The molecule has 2 aromatic rings. The molecule has 242 valence electrons. The van der Waals surface area contributed by atoms with Crippen LogP contribution in [-0.4, -0.2) is 41.6 Å². The fourth-order valence-corrected chi connectivity index (χ4v) is 33.1. The molecule has 42 heavy (non-hydrogen) atoms. The van der Waals surface area contributed by atoms with E-state index in [9.17, 15) is 0 Å². The molecule has 0 radical (unpaired) electrons. The van der Waals surface area contributed by atoms with Crippen molar-refractivity contribution in [3.05, 3.63) is 63.4 Å². The first-order valence-electron chi connectivity index (χ1n) is 15.2. The van der Waals surface area contributed by atoms with Crippen molar-refractivity contribution in [3.63, 3.8) is 0 Å². The molecule has 0 saturated carbocycles. The van der Waals surface area contributed by atoms with Crippen LogP contribution in [0.4, 0.5) is 0 Å². The molecule has 0 heterocycles. The zero-order valence-corrected chi connectivity index (χ0v) is 40.9. The van der Waals surface area contributed by atoms with Crippen LogP contribution in [0.25, 0.3) is 0 Å². The van der Waals surface area contributed by atoms with Gasteiger partial charge in [-0.15, -0.1) is 24.2 Å². The van der Waals surface area contributed by atoms with Crippen LogP contribution in [0, 0.1) is 44.7 Å². The van der Waals surface area contributed by atoms with E-state index in [0.717, 1.165) is 0 Å². The Labute approximate surface area is 322 Å². The van der Waals surface area contributed by atoms with E-state index >= 15 is 0 Å². The van der Waals surface area contributed by atoms with Crippen molar-refractivity contribution in [2.75, 3.05) is 0 Å². The van der Waals surface area contributed by atoms with E-state index in [-0.39, 0.29) is 95.6 Å². The van der Waals surface area contributed by atoms with E-state index in [0.29, 0.717) is 0 Å². The third-order valence-electron chi connectivity index (χ3n) is 7.22. The van der Waals surface area contributed by atoms with Crippen LogP contribution >= 0.6 is 0 Å². The monoisotopic (exact) mass is 882 g/mol. The normalized spacial score (nSPS) is 13.0. The summed E-state index contributed by atoms with van der Waals surface area (Å²) in [6.45, 7) is 49.8. The first kappa shape index (κ1) is 50.4. The zero-order valence-electron chi connectivity index (χ0n) is 34.9. The minimum Gasteiger partial charge on any atom is -1.00 e. The van der Waals surface area contributed by atoms with E-state index in [2.05, 4.69) is 183 Å². The van der Waals surface area contributed by atoms with Crippen LogP contribution in [0.1, 0.15) is 110 Å². The summed E-state index contributed by atoms with van der Waals surface area (Å²) in [7, 11) is -3.05. The summed E-state index contributed by atoms with van der Waals surface area (Å²) < 4.78 is 0. The molecule has 0 aromatic heterocycles. The van der Waals surface area contributed by atoms with Gasteiger partial charge < -0.3 is 21.5 Å². The van der Waals surface area contributed by atoms with Gasteiger partial charge in [0.2, 0.25) is 0 Å². The van der Waals surface area contributed by atoms with E-state index in [1.165, 1.54) is 22.3 Å². The maximum Gasteiger partial charge on any atom is 4.00 e. The van der Waals surface area contributed by atoms with Gasteiger partial charge in [0.1, 0.15) is 0 Å². The molecule has 0 atom stereocenters. The molecule has 0 saturated heterocycles. The molecule has 0 N–H and O–H groups in total. The van der Waals surface area contributed by atoms with Crippen molar-refractivity contribution in [2.24, 2.45) is 0 Å². The van der Waals surface area contributed by atoms with Gasteiger partial charge in [-0.2, -0.15) is 46.5 Å². The second-order valence-corrected chi connectivity index (χ2v) is 35.4. The topological polar surface area (TPSA) is 0 Å². The van der Waals surface area contributed by atoms with Crippen molar-refractivity contribution < 1.29 is 56.6 Å². The maximum absolute atomic E-state index is 2.53. The minimum atomic E-state index is -1.02. The van der Waals surface area contributed by atoms with Crippen molar-refractivity contribution in [1.82, 2.24) is 0 Å². The molecular formula is C36H72AlClSi3Th. The molecule has 0 aliphatic heterocycles. The molecule has 2 aromatic carbocycles. The minimum absolute atomic E-state index is 0. The Morgan fingerprint density at radius 1 is 0.524 bits per heavy atom. The quantitative estimate of drug-likeness (QED) is 0.213. The van der Waals surface area contributed by atoms with Gasteiger partial charge in [0.15, 0.2) is 0 Å². The van der Waals surface area contributed by atoms with E-state index in [4.69, 9.17) is 0 Å². The molecule has 0 spiro atoms. The summed E-state index contributed by atoms with van der Waals surface area (Å²) in [4.78, 5) is 2.06. The Bertz CT molecular complexity index is 867. The Morgan fingerprint density at radius 2 is 0.738 bits per heavy atom. The molecule has 0 unspecified atom stereocenters. The molecule has 0 nitrogen and oxygen atoms in total. The van der Waals surface area contributed by atoms with Crippen molar-refractivity contribution in [3.8, 4) is 0 Å². The zero-order chi connectivity index (χ0) is 31.6.